The highest BCUT2D eigenvalue weighted by Crippen LogP contribution is 2.24. The van der Waals surface area contributed by atoms with Crippen molar-refractivity contribution < 1.29 is 9.90 Å². The first-order chi connectivity index (χ1) is 14.6. The van der Waals surface area contributed by atoms with Gasteiger partial charge < -0.3 is 5.11 Å². The van der Waals surface area contributed by atoms with E-state index in [2.05, 4.69) is 25.5 Å². The van der Waals surface area contributed by atoms with E-state index < -0.39 is 5.91 Å². The smallest absolute Gasteiger partial charge is 0.275 e. The van der Waals surface area contributed by atoms with Gasteiger partial charge in [-0.2, -0.15) is 5.10 Å². The zero-order valence-corrected chi connectivity index (χ0v) is 16.2. The van der Waals surface area contributed by atoms with Crippen LogP contribution in [0.3, 0.4) is 0 Å². The summed E-state index contributed by atoms with van der Waals surface area (Å²) in [5.74, 6) is -0.783. The summed E-state index contributed by atoms with van der Waals surface area (Å²) in [5, 5.41) is 14.4. The third-order valence-electron chi connectivity index (χ3n) is 3.97. The third-order valence-corrected chi connectivity index (χ3v) is 4.87. The number of nitrogens with one attached hydrogen (secondary N) is 1. The molecular weight excluding hydrogens is 404 g/mol. The first-order valence-corrected chi connectivity index (χ1v) is 9.53. The maximum atomic E-state index is 13.0. The number of hydrogen-bond donors (Lipinski definition) is 2. The second-order valence-electron chi connectivity index (χ2n) is 5.91. The van der Waals surface area contributed by atoms with E-state index >= 15 is 0 Å². The molecule has 0 aliphatic heterocycles. The van der Waals surface area contributed by atoms with Crippen LogP contribution in [0.2, 0.25) is 0 Å². The number of fused-ring (bicyclic) bond motifs is 1. The molecule has 1 aromatic carbocycles. The molecule has 10 heteroatoms. The van der Waals surface area contributed by atoms with E-state index in [0.717, 1.165) is 11.8 Å². The number of carbonyl (C=O) groups is 1. The van der Waals surface area contributed by atoms with E-state index in [4.69, 9.17) is 0 Å². The van der Waals surface area contributed by atoms with Crippen LogP contribution >= 0.6 is 11.8 Å². The van der Waals surface area contributed by atoms with E-state index in [1.165, 1.54) is 22.7 Å². The van der Waals surface area contributed by atoms with Crippen LogP contribution in [0.5, 0.6) is 5.75 Å². The Morgan fingerprint density at radius 1 is 1.10 bits per heavy atom. The van der Waals surface area contributed by atoms with Crippen LogP contribution in [0, 0.1) is 0 Å². The van der Waals surface area contributed by atoms with Gasteiger partial charge in [-0.05, 0) is 42.1 Å². The van der Waals surface area contributed by atoms with Crippen LogP contribution in [0.1, 0.15) is 15.9 Å². The number of hydrogen-bond acceptors (Lipinski definition) is 8. The molecule has 0 saturated carbocycles. The Morgan fingerprint density at radius 3 is 2.67 bits per heavy atom. The SMILES string of the molecule is O=C(N/N=C\c1c(Sc2ncccn2)nc2ccccn2c1=O)c1ccccc1O. The lowest BCUT2D eigenvalue weighted by molar-refractivity contribution is 0.0952. The number of carbonyl (C=O) groups excluding carboxylic acids is 1. The highest BCUT2D eigenvalue weighted by molar-refractivity contribution is 7.99. The Hall–Kier alpha value is -4.05. The number of nitrogens with zero attached hydrogens (tertiary/aromatic N) is 5. The molecule has 1 amide bonds. The van der Waals surface area contributed by atoms with Crippen LogP contribution in [-0.2, 0) is 0 Å². The fraction of sp³-hybridized carbons (Fsp3) is 0. The Labute approximate surface area is 174 Å². The van der Waals surface area contributed by atoms with Gasteiger partial charge in [0.05, 0.1) is 17.3 Å². The topological polar surface area (TPSA) is 122 Å². The summed E-state index contributed by atoms with van der Waals surface area (Å²) in [4.78, 5) is 38.0. The first kappa shape index (κ1) is 19.3. The van der Waals surface area contributed by atoms with Crippen molar-refractivity contribution in [1.82, 2.24) is 24.8 Å². The summed E-state index contributed by atoms with van der Waals surface area (Å²) >= 11 is 1.11. The summed E-state index contributed by atoms with van der Waals surface area (Å²) in [7, 11) is 0. The first-order valence-electron chi connectivity index (χ1n) is 8.71. The lowest BCUT2D eigenvalue weighted by Gasteiger charge is -2.07. The van der Waals surface area contributed by atoms with Crippen LogP contribution in [-0.4, -0.2) is 36.6 Å². The van der Waals surface area contributed by atoms with Crippen LogP contribution < -0.4 is 11.0 Å². The fourth-order valence-corrected chi connectivity index (χ4v) is 3.37. The van der Waals surface area contributed by atoms with Crippen molar-refractivity contribution in [2.75, 3.05) is 0 Å². The molecule has 0 aliphatic rings. The molecule has 0 bridgehead atoms. The predicted octanol–water partition coefficient (Wildman–Crippen LogP) is 2.11. The van der Waals surface area contributed by atoms with Gasteiger partial charge in [-0.15, -0.1) is 0 Å². The standard InChI is InChI=1S/C20H14N6O3S/c27-15-7-2-1-6-13(15)17(28)25-23-12-14-18(30-20-21-9-5-10-22-20)24-16-8-3-4-11-26(16)19(14)29/h1-12,27H,(H,25,28)/b23-12-. The van der Waals surface area contributed by atoms with Gasteiger partial charge in [0.15, 0.2) is 5.16 Å². The zero-order valence-electron chi connectivity index (χ0n) is 15.3. The molecule has 2 N–H and O–H groups in total. The second-order valence-corrected chi connectivity index (χ2v) is 6.87. The molecule has 0 unspecified atom stereocenters. The fourth-order valence-electron chi connectivity index (χ4n) is 2.58. The van der Waals surface area contributed by atoms with Gasteiger partial charge in [0.25, 0.3) is 11.5 Å². The minimum Gasteiger partial charge on any atom is -0.507 e. The van der Waals surface area contributed by atoms with Crippen LogP contribution in [0.25, 0.3) is 5.65 Å². The predicted molar refractivity (Wildman–Crippen MR) is 111 cm³/mol. The summed E-state index contributed by atoms with van der Waals surface area (Å²) in [6, 6.07) is 13.0. The summed E-state index contributed by atoms with van der Waals surface area (Å²) in [5.41, 5.74) is 2.63. The van der Waals surface area contributed by atoms with Crippen LogP contribution in [0.4, 0.5) is 0 Å². The zero-order chi connectivity index (χ0) is 20.9. The number of aromatic nitrogens is 4. The molecule has 0 fully saturated rings. The minimum absolute atomic E-state index is 0.0651. The Balaban J connectivity index is 1.69. The summed E-state index contributed by atoms with van der Waals surface area (Å²) in [6.07, 6.45) is 5.99. The van der Waals surface area contributed by atoms with E-state index in [1.807, 2.05) is 0 Å². The number of amides is 1. The molecule has 4 aromatic rings. The van der Waals surface area contributed by atoms with Gasteiger partial charge in [-0.1, -0.05) is 18.2 Å². The average Bonchev–Trinajstić information content (AvgIpc) is 2.77. The second kappa shape index (κ2) is 8.53. The molecule has 3 aromatic heterocycles. The number of phenolic OH excluding ortho intramolecular Hbond substituents is 1. The molecule has 30 heavy (non-hydrogen) atoms. The minimum atomic E-state index is -0.612. The van der Waals surface area contributed by atoms with E-state index in [1.54, 1.807) is 55.0 Å². The lowest BCUT2D eigenvalue weighted by atomic mass is 10.2. The largest absolute Gasteiger partial charge is 0.507 e. The van der Waals surface area contributed by atoms with Crippen molar-refractivity contribution in [3.63, 3.8) is 0 Å². The van der Waals surface area contributed by atoms with Crippen LogP contribution in [0.15, 0.2) is 87.2 Å². The highest BCUT2D eigenvalue weighted by Gasteiger charge is 2.14. The molecular formula is C20H14N6O3S. The van der Waals surface area contributed by atoms with Gasteiger partial charge in [0, 0.05) is 18.6 Å². The lowest BCUT2D eigenvalue weighted by Crippen LogP contribution is -2.23. The van der Waals surface area contributed by atoms with E-state index in [0.29, 0.717) is 15.8 Å². The quantitative estimate of drug-likeness (QED) is 0.220. The molecule has 0 saturated heterocycles. The normalized spacial score (nSPS) is 11.1. The number of pyridine rings is 1. The Morgan fingerprint density at radius 2 is 1.87 bits per heavy atom. The summed E-state index contributed by atoms with van der Waals surface area (Å²) < 4.78 is 1.38. The van der Waals surface area contributed by atoms with E-state index in [9.17, 15) is 14.7 Å². The maximum absolute atomic E-state index is 13.0. The Bertz CT molecular complexity index is 1310. The van der Waals surface area contributed by atoms with Crippen molar-refractivity contribution >= 4 is 29.5 Å². The van der Waals surface area contributed by atoms with Gasteiger partial charge in [-0.25, -0.2) is 20.4 Å². The molecule has 0 aliphatic carbocycles. The van der Waals surface area contributed by atoms with Gasteiger partial charge in [-0.3, -0.25) is 14.0 Å². The van der Waals surface area contributed by atoms with E-state index in [-0.39, 0.29) is 22.4 Å². The number of hydrazone groups is 1. The maximum Gasteiger partial charge on any atom is 0.275 e. The van der Waals surface area contributed by atoms with Gasteiger partial charge in [0.2, 0.25) is 0 Å². The highest BCUT2D eigenvalue weighted by atomic mass is 32.2. The monoisotopic (exact) mass is 418 g/mol. The molecule has 148 valence electrons. The number of para-hydroxylation sites is 1. The number of benzene rings is 1. The van der Waals surface area contributed by atoms with Gasteiger partial charge in [0.1, 0.15) is 16.4 Å². The number of aromatic hydroxyl groups is 1. The van der Waals surface area contributed by atoms with Gasteiger partial charge >= 0.3 is 0 Å². The van der Waals surface area contributed by atoms with Crippen molar-refractivity contribution in [2.45, 2.75) is 10.2 Å². The number of rotatable bonds is 5. The number of phenols is 1. The molecule has 0 spiro atoms. The van der Waals surface area contributed by atoms with Crippen molar-refractivity contribution in [2.24, 2.45) is 5.10 Å². The van der Waals surface area contributed by atoms with Crippen molar-refractivity contribution in [1.29, 1.82) is 0 Å². The molecule has 9 nitrogen and oxygen atoms in total. The molecule has 4 rings (SSSR count). The molecule has 0 radical (unpaired) electrons. The average molecular weight is 418 g/mol. The molecule has 0 atom stereocenters. The Kier molecular flexibility index (Phi) is 5.48. The molecule has 3 heterocycles. The summed E-state index contributed by atoms with van der Waals surface area (Å²) in [6.45, 7) is 0. The van der Waals surface area contributed by atoms with Crippen molar-refractivity contribution in [3.8, 4) is 5.75 Å². The third kappa shape index (κ3) is 4.03. The van der Waals surface area contributed by atoms with Crippen molar-refractivity contribution in [3.05, 3.63) is 88.6 Å².